The van der Waals surface area contributed by atoms with Crippen LogP contribution in [0.3, 0.4) is 0 Å². The fourth-order valence-electron chi connectivity index (χ4n) is 4.64. The van der Waals surface area contributed by atoms with Crippen molar-refractivity contribution < 1.29 is 9.53 Å². The Morgan fingerprint density at radius 2 is 2.06 bits per heavy atom. The van der Waals surface area contributed by atoms with Gasteiger partial charge in [0.2, 0.25) is 5.91 Å². The molecule has 0 bridgehead atoms. The van der Waals surface area contributed by atoms with Crippen LogP contribution in [-0.4, -0.2) is 60.2 Å². The van der Waals surface area contributed by atoms with E-state index in [2.05, 4.69) is 32.2 Å². The number of likely N-dealkylation sites (tertiary alicyclic amines) is 1. The van der Waals surface area contributed by atoms with E-state index in [1.54, 1.807) is 11.3 Å². The molecule has 166 valence electrons. The summed E-state index contributed by atoms with van der Waals surface area (Å²) in [5.74, 6) is 1.86. The summed E-state index contributed by atoms with van der Waals surface area (Å²) in [6.45, 7) is 6.32. The van der Waals surface area contributed by atoms with Gasteiger partial charge in [0.15, 0.2) is 0 Å². The van der Waals surface area contributed by atoms with Crippen LogP contribution in [0.25, 0.3) is 0 Å². The van der Waals surface area contributed by atoms with Crippen molar-refractivity contribution in [3.63, 3.8) is 0 Å². The molecule has 4 heterocycles. The molecule has 0 spiro atoms. The van der Waals surface area contributed by atoms with E-state index in [4.69, 9.17) is 9.72 Å². The van der Waals surface area contributed by atoms with E-state index in [0.29, 0.717) is 5.92 Å². The number of rotatable bonds is 7. The van der Waals surface area contributed by atoms with Crippen molar-refractivity contribution in [3.05, 3.63) is 40.5 Å². The highest BCUT2D eigenvalue weighted by atomic mass is 32.1. The summed E-state index contributed by atoms with van der Waals surface area (Å²) in [5.41, 5.74) is 1.24. The Bertz CT molecular complexity index is 849. The Kier molecular flexibility index (Phi) is 6.47. The second-order valence-corrected chi connectivity index (χ2v) is 9.82. The maximum absolute atomic E-state index is 12.5. The number of thiazole rings is 1. The van der Waals surface area contributed by atoms with E-state index in [1.807, 2.05) is 17.8 Å². The highest BCUT2D eigenvalue weighted by Gasteiger charge is 2.36. The first-order valence-corrected chi connectivity index (χ1v) is 12.3. The number of amides is 1. The summed E-state index contributed by atoms with van der Waals surface area (Å²) >= 11 is 1.65. The van der Waals surface area contributed by atoms with Crippen LogP contribution in [0.4, 0.5) is 5.82 Å². The van der Waals surface area contributed by atoms with Crippen LogP contribution < -0.4 is 10.2 Å². The molecular formula is C23H31N5O2S. The van der Waals surface area contributed by atoms with Crippen LogP contribution in [0.5, 0.6) is 0 Å². The minimum Gasteiger partial charge on any atom is -0.378 e. The molecule has 0 radical (unpaired) electrons. The fraction of sp³-hybridized carbons (Fsp3) is 0.609. The summed E-state index contributed by atoms with van der Waals surface area (Å²) in [7, 11) is 0. The van der Waals surface area contributed by atoms with Crippen LogP contribution in [0.1, 0.15) is 42.3 Å². The highest BCUT2D eigenvalue weighted by Crippen LogP contribution is 2.34. The first kappa shape index (κ1) is 20.8. The molecule has 8 heteroatoms. The van der Waals surface area contributed by atoms with Gasteiger partial charge in [-0.15, -0.1) is 11.3 Å². The topological polar surface area (TPSA) is 70.6 Å². The Morgan fingerprint density at radius 1 is 1.19 bits per heavy atom. The van der Waals surface area contributed by atoms with Crippen molar-refractivity contribution in [1.82, 2.24) is 20.2 Å². The van der Waals surface area contributed by atoms with Gasteiger partial charge >= 0.3 is 0 Å². The third kappa shape index (κ3) is 5.25. The summed E-state index contributed by atoms with van der Waals surface area (Å²) in [5, 5.41) is 6.38. The number of hydrogen-bond donors (Lipinski definition) is 1. The molecule has 1 saturated carbocycles. The maximum Gasteiger partial charge on any atom is 0.223 e. The molecule has 2 saturated heterocycles. The predicted octanol–water partition coefficient (Wildman–Crippen LogP) is 2.85. The van der Waals surface area contributed by atoms with Gasteiger partial charge in [-0.1, -0.05) is 6.07 Å². The smallest absolute Gasteiger partial charge is 0.223 e. The standard InChI is InChI=1S/C23H31N5O2S/c29-22(18-4-5-18)26-21(23-24-7-13-31-23)19-2-1-8-27(16-19)15-17-3-6-20(25-14-17)28-9-11-30-12-10-28/h3,6-7,13-14,18-19,21H,1-2,4-5,8-12,15-16H2,(H,26,29)/t19-,21+/m1/s1. The van der Waals surface area contributed by atoms with Crippen molar-refractivity contribution in [2.24, 2.45) is 11.8 Å². The second kappa shape index (κ2) is 9.63. The maximum atomic E-state index is 12.5. The van der Waals surface area contributed by atoms with Crippen molar-refractivity contribution in [2.45, 2.75) is 38.3 Å². The average Bonchev–Trinajstić information content (AvgIpc) is 3.53. The quantitative estimate of drug-likeness (QED) is 0.713. The van der Waals surface area contributed by atoms with E-state index < -0.39 is 0 Å². The third-order valence-electron chi connectivity index (χ3n) is 6.53. The lowest BCUT2D eigenvalue weighted by Gasteiger charge is -2.36. The number of anilines is 1. The number of nitrogens with one attached hydrogen (secondary N) is 1. The molecule has 2 aliphatic heterocycles. The summed E-state index contributed by atoms with van der Waals surface area (Å²) in [6.07, 6.45) is 8.19. The van der Waals surface area contributed by atoms with Crippen LogP contribution in [0.15, 0.2) is 29.9 Å². The van der Waals surface area contributed by atoms with E-state index >= 15 is 0 Å². The molecule has 5 rings (SSSR count). The first-order valence-electron chi connectivity index (χ1n) is 11.5. The van der Waals surface area contributed by atoms with Crippen LogP contribution in [0.2, 0.25) is 0 Å². The fourth-order valence-corrected chi connectivity index (χ4v) is 5.42. The second-order valence-electron chi connectivity index (χ2n) is 8.89. The largest absolute Gasteiger partial charge is 0.378 e. The lowest BCUT2D eigenvalue weighted by Crippen LogP contribution is -2.43. The molecule has 31 heavy (non-hydrogen) atoms. The molecule has 7 nitrogen and oxygen atoms in total. The normalized spacial score (nSPS) is 23.5. The van der Waals surface area contributed by atoms with Crippen molar-refractivity contribution >= 4 is 23.1 Å². The number of carbonyl (C=O) groups is 1. The first-order chi connectivity index (χ1) is 15.3. The van der Waals surface area contributed by atoms with E-state index in [0.717, 1.165) is 82.4 Å². The Hall–Kier alpha value is -2.03. The SMILES string of the molecule is O=C(N[C@H](c1nccs1)[C@@H]1CCCN(Cc2ccc(N3CCOCC3)nc2)C1)C1CC1. The van der Waals surface area contributed by atoms with Crippen molar-refractivity contribution in [3.8, 4) is 0 Å². The Labute approximate surface area is 187 Å². The zero-order chi connectivity index (χ0) is 21.0. The molecular weight excluding hydrogens is 410 g/mol. The van der Waals surface area contributed by atoms with Gasteiger partial charge < -0.3 is 15.0 Å². The molecule has 0 unspecified atom stereocenters. The molecule has 2 aromatic rings. The number of pyridine rings is 1. The summed E-state index contributed by atoms with van der Waals surface area (Å²) < 4.78 is 5.44. The zero-order valence-corrected chi connectivity index (χ0v) is 18.7. The van der Waals surface area contributed by atoms with Gasteiger partial charge in [0.1, 0.15) is 10.8 Å². The lowest BCUT2D eigenvalue weighted by molar-refractivity contribution is -0.123. The predicted molar refractivity (Wildman–Crippen MR) is 121 cm³/mol. The van der Waals surface area contributed by atoms with Gasteiger partial charge in [-0.2, -0.15) is 0 Å². The monoisotopic (exact) mass is 441 g/mol. The summed E-state index contributed by atoms with van der Waals surface area (Å²) in [6, 6.07) is 4.36. The van der Waals surface area contributed by atoms with Crippen LogP contribution >= 0.6 is 11.3 Å². The van der Waals surface area contributed by atoms with Gasteiger partial charge in [0.25, 0.3) is 0 Å². The minimum atomic E-state index is 0.0257. The number of morpholine rings is 1. The molecule has 3 aliphatic rings. The molecule has 3 fully saturated rings. The zero-order valence-electron chi connectivity index (χ0n) is 17.9. The van der Waals surface area contributed by atoms with Gasteiger partial charge in [0.05, 0.1) is 19.3 Å². The lowest BCUT2D eigenvalue weighted by atomic mass is 9.90. The van der Waals surface area contributed by atoms with Crippen molar-refractivity contribution in [1.29, 1.82) is 0 Å². The highest BCUT2D eigenvalue weighted by molar-refractivity contribution is 7.09. The molecule has 1 N–H and O–H groups in total. The Morgan fingerprint density at radius 3 is 2.77 bits per heavy atom. The number of aromatic nitrogens is 2. The van der Waals surface area contributed by atoms with E-state index in [9.17, 15) is 4.79 Å². The molecule has 2 aromatic heterocycles. The van der Waals surface area contributed by atoms with Gasteiger partial charge in [0, 0.05) is 49.9 Å². The number of ether oxygens (including phenoxy) is 1. The number of nitrogens with zero attached hydrogens (tertiary/aromatic N) is 4. The van der Waals surface area contributed by atoms with Gasteiger partial charge in [-0.05, 0) is 49.8 Å². The minimum absolute atomic E-state index is 0.0257. The molecule has 2 atom stereocenters. The van der Waals surface area contributed by atoms with E-state index in [-0.39, 0.29) is 17.9 Å². The molecule has 1 aliphatic carbocycles. The van der Waals surface area contributed by atoms with Gasteiger partial charge in [-0.25, -0.2) is 9.97 Å². The third-order valence-corrected chi connectivity index (χ3v) is 7.39. The molecule has 0 aromatic carbocycles. The number of piperidine rings is 1. The number of carbonyl (C=O) groups excluding carboxylic acids is 1. The summed E-state index contributed by atoms with van der Waals surface area (Å²) in [4.78, 5) is 26.6. The molecule has 1 amide bonds. The van der Waals surface area contributed by atoms with Crippen molar-refractivity contribution in [2.75, 3.05) is 44.3 Å². The number of hydrogen-bond acceptors (Lipinski definition) is 7. The van der Waals surface area contributed by atoms with Gasteiger partial charge in [-0.3, -0.25) is 9.69 Å². The van der Waals surface area contributed by atoms with E-state index in [1.165, 1.54) is 5.56 Å². The van der Waals surface area contributed by atoms with Crippen LogP contribution in [-0.2, 0) is 16.1 Å². The average molecular weight is 442 g/mol. The van der Waals surface area contributed by atoms with Crippen LogP contribution in [0, 0.1) is 11.8 Å². The Balaban J connectivity index is 1.22.